The number of hydrogen-bond acceptors (Lipinski definition) is 3. The van der Waals surface area contributed by atoms with Gasteiger partial charge in [-0.3, -0.25) is 4.98 Å². The van der Waals surface area contributed by atoms with Gasteiger partial charge < -0.3 is 10.0 Å². The number of aliphatic hydroxyl groups is 1. The highest BCUT2D eigenvalue weighted by Crippen LogP contribution is 2.34. The molecule has 0 amide bonds. The maximum absolute atomic E-state index is 10.3. The van der Waals surface area contributed by atoms with Crippen LogP contribution in [0.3, 0.4) is 0 Å². The van der Waals surface area contributed by atoms with E-state index in [-0.39, 0.29) is 6.10 Å². The summed E-state index contributed by atoms with van der Waals surface area (Å²) in [6.45, 7) is 6.32. The Labute approximate surface area is 116 Å². The van der Waals surface area contributed by atoms with Gasteiger partial charge in [0.25, 0.3) is 0 Å². The summed E-state index contributed by atoms with van der Waals surface area (Å²) in [5.74, 6) is 1.65. The van der Waals surface area contributed by atoms with Gasteiger partial charge in [-0.2, -0.15) is 0 Å². The van der Waals surface area contributed by atoms with Crippen LogP contribution >= 0.6 is 0 Å². The molecule has 4 atom stereocenters. The predicted molar refractivity (Wildman–Crippen MR) is 77.6 cm³/mol. The molecule has 1 aromatic rings. The van der Waals surface area contributed by atoms with E-state index in [0.717, 1.165) is 25.2 Å². The zero-order valence-corrected chi connectivity index (χ0v) is 12.3. The zero-order chi connectivity index (χ0) is 13.8. The number of aliphatic hydroxyl groups excluding tert-OH is 1. The monoisotopic (exact) mass is 262 g/mol. The maximum atomic E-state index is 10.3. The van der Waals surface area contributed by atoms with Crippen molar-refractivity contribution < 1.29 is 5.11 Å². The molecule has 1 N–H and O–H groups in total. The Morgan fingerprint density at radius 1 is 1.32 bits per heavy atom. The van der Waals surface area contributed by atoms with Crippen LogP contribution in [0.1, 0.15) is 32.4 Å². The average molecular weight is 262 g/mol. The number of aromatic nitrogens is 1. The molecule has 0 radical (unpaired) electrons. The van der Waals surface area contributed by atoms with E-state index in [1.807, 2.05) is 18.3 Å². The largest absolute Gasteiger partial charge is 0.393 e. The third-order valence-corrected chi connectivity index (χ3v) is 4.32. The molecule has 1 fully saturated rings. The van der Waals surface area contributed by atoms with E-state index in [2.05, 4.69) is 36.8 Å². The standard InChI is InChI=1S/C16H26N2O/c1-12-8-13(2)15(16(19)9-12)11-18(3)10-14-6-4-5-7-17-14/h4-7,12-13,15-16,19H,8-11H2,1-3H3. The van der Waals surface area contributed by atoms with Gasteiger partial charge in [-0.1, -0.05) is 19.9 Å². The Balaban J connectivity index is 1.89. The van der Waals surface area contributed by atoms with E-state index < -0.39 is 0 Å². The minimum atomic E-state index is -0.148. The van der Waals surface area contributed by atoms with E-state index in [0.29, 0.717) is 17.8 Å². The minimum absolute atomic E-state index is 0.148. The van der Waals surface area contributed by atoms with Crippen LogP contribution in [0.5, 0.6) is 0 Å². The summed E-state index contributed by atoms with van der Waals surface area (Å²) in [6, 6.07) is 6.02. The molecule has 0 aromatic carbocycles. The Kier molecular flexibility index (Phi) is 4.94. The van der Waals surface area contributed by atoms with Gasteiger partial charge >= 0.3 is 0 Å². The van der Waals surface area contributed by atoms with E-state index in [1.54, 1.807) is 0 Å². The highest BCUT2D eigenvalue weighted by Gasteiger charge is 2.33. The van der Waals surface area contributed by atoms with Crippen molar-refractivity contribution in [3.63, 3.8) is 0 Å². The van der Waals surface area contributed by atoms with Gasteiger partial charge in [-0.25, -0.2) is 0 Å². The van der Waals surface area contributed by atoms with Crippen LogP contribution in [0, 0.1) is 17.8 Å². The number of hydrogen-bond donors (Lipinski definition) is 1. The van der Waals surface area contributed by atoms with Crippen LogP contribution in [0.2, 0.25) is 0 Å². The van der Waals surface area contributed by atoms with Gasteiger partial charge in [0.15, 0.2) is 0 Å². The fraction of sp³-hybridized carbons (Fsp3) is 0.688. The van der Waals surface area contributed by atoms with Gasteiger partial charge in [-0.15, -0.1) is 0 Å². The zero-order valence-electron chi connectivity index (χ0n) is 12.3. The van der Waals surface area contributed by atoms with Gasteiger partial charge in [-0.05, 0) is 43.9 Å². The molecule has 19 heavy (non-hydrogen) atoms. The smallest absolute Gasteiger partial charge is 0.0585 e. The summed E-state index contributed by atoms with van der Waals surface area (Å²) in [6.07, 6.45) is 3.87. The lowest BCUT2D eigenvalue weighted by molar-refractivity contribution is 0.000456. The SMILES string of the molecule is CC1CC(C)C(CN(C)Cc2ccccn2)C(O)C1. The van der Waals surface area contributed by atoms with Crippen molar-refractivity contribution in [1.29, 1.82) is 0 Å². The third-order valence-electron chi connectivity index (χ3n) is 4.32. The van der Waals surface area contributed by atoms with Gasteiger partial charge in [0.1, 0.15) is 0 Å². The van der Waals surface area contributed by atoms with Crippen molar-refractivity contribution in [2.75, 3.05) is 13.6 Å². The molecule has 2 rings (SSSR count). The number of rotatable bonds is 4. The normalized spacial score (nSPS) is 31.6. The van der Waals surface area contributed by atoms with Gasteiger partial charge in [0.05, 0.1) is 11.8 Å². The van der Waals surface area contributed by atoms with Crippen molar-refractivity contribution in [1.82, 2.24) is 9.88 Å². The first-order valence-corrected chi connectivity index (χ1v) is 7.32. The van der Waals surface area contributed by atoms with Gasteiger partial charge in [0.2, 0.25) is 0 Å². The third kappa shape index (κ3) is 4.02. The second-order valence-electron chi connectivity index (χ2n) is 6.30. The summed E-state index contributed by atoms with van der Waals surface area (Å²) in [5.41, 5.74) is 1.09. The summed E-state index contributed by atoms with van der Waals surface area (Å²) in [5, 5.41) is 10.3. The van der Waals surface area contributed by atoms with E-state index in [9.17, 15) is 5.11 Å². The molecule has 0 spiro atoms. The van der Waals surface area contributed by atoms with Crippen molar-refractivity contribution in [3.05, 3.63) is 30.1 Å². The summed E-state index contributed by atoms with van der Waals surface area (Å²) in [4.78, 5) is 6.64. The van der Waals surface area contributed by atoms with Crippen LogP contribution in [-0.4, -0.2) is 34.7 Å². The minimum Gasteiger partial charge on any atom is -0.393 e. The number of pyridine rings is 1. The lowest BCUT2D eigenvalue weighted by atomic mass is 9.73. The van der Waals surface area contributed by atoms with Crippen molar-refractivity contribution >= 4 is 0 Å². The molecule has 1 aliphatic carbocycles. The molecular formula is C16H26N2O. The second kappa shape index (κ2) is 6.49. The topological polar surface area (TPSA) is 36.4 Å². The van der Waals surface area contributed by atoms with Crippen molar-refractivity contribution in [3.8, 4) is 0 Å². The molecule has 4 unspecified atom stereocenters. The van der Waals surface area contributed by atoms with Crippen LogP contribution in [-0.2, 0) is 6.54 Å². The van der Waals surface area contributed by atoms with Gasteiger partial charge in [0, 0.05) is 25.2 Å². The van der Waals surface area contributed by atoms with E-state index >= 15 is 0 Å². The molecule has 1 aliphatic rings. The fourth-order valence-corrected chi connectivity index (χ4v) is 3.37. The molecule has 3 heteroatoms. The second-order valence-corrected chi connectivity index (χ2v) is 6.30. The van der Waals surface area contributed by atoms with Crippen LogP contribution < -0.4 is 0 Å². The molecule has 1 saturated carbocycles. The van der Waals surface area contributed by atoms with Crippen molar-refractivity contribution in [2.45, 2.75) is 39.3 Å². The molecule has 0 bridgehead atoms. The summed E-state index contributed by atoms with van der Waals surface area (Å²) < 4.78 is 0. The Bertz CT molecular complexity index is 370. The molecular weight excluding hydrogens is 236 g/mol. The van der Waals surface area contributed by atoms with Crippen LogP contribution in [0.15, 0.2) is 24.4 Å². The quantitative estimate of drug-likeness (QED) is 0.906. The first kappa shape index (κ1) is 14.5. The predicted octanol–water partition coefficient (Wildman–Crippen LogP) is 2.56. The van der Waals surface area contributed by atoms with Crippen LogP contribution in [0.25, 0.3) is 0 Å². The lowest BCUT2D eigenvalue weighted by Gasteiger charge is -2.38. The highest BCUT2D eigenvalue weighted by atomic mass is 16.3. The Hall–Kier alpha value is -0.930. The highest BCUT2D eigenvalue weighted by molar-refractivity contribution is 5.03. The molecule has 1 aromatic heterocycles. The Morgan fingerprint density at radius 2 is 2.11 bits per heavy atom. The molecule has 106 valence electrons. The number of nitrogens with zero attached hydrogens (tertiary/aromatic N) is 2. The van der Waals surface area contributed by atoms with Crippen LogP contribution in [0.4, 0.5) is 0 Å². The van der Waals surface area contributed by atoms with E-state index in [1.165, 1.54) is 6.42 Å². The molecule has 0 saturated heterocycles. The fourth-order valence-electron chi connectivity index (χ4n) is 3.37. The molecule has 0 aliphatic heterocycles. The molecule has 1 heterocycles. The average Bonchev–Trinajstić information content (AvgIpc) is 2.35. The lowest BCUT2D eigenvalue weighted by Crippen LogP contribution is -2.41. The Morgan fingerprint density at radius 3 is 2.74 bits per heavy atom. The maximum Gasteiger partial charge on any atom is 0.0585 e. The summed E-state index contributed by atoms with van der Waals surface area (Å²) >= 11 is 0. The van der Waals surface area contributed by atoms with Crippen molar-refractivity contribution in [2.24, 2.45) is 17.8 Å². The van der Waals surface area contributed by atoms with E-state index in [4.69, 9.17) is 0 Å². The summed E-state index contributed by atoms with van der Waals surface area (Å²) in [7, 11) is 2.12. The first-order chi connectivity index (χ1) is 9.06. The molecule has 3 nitrogen and oxygen atoms in total. The first-order valence-electron chi connectivity index (χ1n) is 7.32.